The van der Waals surface area contributed by atoms with Crippen LogP contribution in [0, 0.1) is 19.8 Å². The summed E-state index contributed by atoms with van der Waals surface area (Å²) in [6, 6.07) is 6.77. The van der Waals surface area contributed by atoms with E-state index in [1.54, 1.807) is 0 Å². The van der Waals surface area contributed by atoms with Gasteiger partial charge in [0.25, 0.3) is 0 Å². The molecular formula is C28H38N6. The van der Waals surface area contributed by atoms with Crippen molar-refractivity contribution in [1.82, 2.24) is 14.9 Å². The fourth-order valence-electron chi connectivity index (χ4n) is 5.23. The zero-order valence-corrected chi connectivity index (χ0v) is 20.6. The van der Waals surface area contributed by atoms with Gasteiger partial charge in [-0.15, -0.1) is 0 Å². The van der Waals surface area contributed by atoms with Crippen LogP contribution in [0.2, 0.25) is 0 Å². The van der Waals surface area contributed by atoms with Crippen molar-refractivity contribution in [3.05, 3.63) is 76.9 Å². The lowest BCUT2D eigenvalue weighted by Gasteiger charge is -2.32. The highest BCUT2D eigenvalue weighted by atomic mass is 15.1. The second-order valence-corrected chi connectivity index (χ2v) is 9.83. The van der Waals surface area contributed by atoms with Crippen LogP contribution in [0.15, 0.2) is 53.8 Å². The minimum atomic E-state index is 0.209. The Labute approximate surface area is 203 Å². The molecule has 0 amide bonds. The molecule has 4 rings (SSSR count). The Kier molecular flexibility index (Phi) is 8.12. The monoisotopic (exact) mass is 458 g/mol. The lowest BCUT2D eigenvalue weighted by atomic mass is 9.85. The first-order chi connectivity index (χ1) is 16.5. The van der Waals surface area contributed by atoms with Gasteiger partial charge >= 0.3 is 0 Å². The van der Waals surface area contributed by atoms with E-state index in [9.17, 15) is 0 Å². The van der Waals surface area contributed by atoms with Crippen LogP contribution in [0.25, 0.3) is 5.57 Å². The van der Waals surface area contributed by atoms with Gasteiger partial charge < -0.3 is 11.5 Å². The standard InChI is InChI=1S/C28H38N6/c1-20-15-21(2)26(32-16-20)18-34(17-22-10-12-24(13-11-22)33-28(29)30)19-27-25(9-6-14-31-27)23-7-4-3-5-8-23/h3-4,6-7,9,14-16,22,24H,5,8,10-13,17-19H2,1-2H3,(H4,29,30,33). The second kappa shape index (κ2) is 11.4. The van der Waals surface area contributed by atoms with E-state index in [1.165, 1.54) is 22.3 Å². The molecule has 1 fully saturated rings. The topological polar surface area (TPSA) is 93.4 Å². The average Bonchev–Trinajstić information content (AvgIpc) is 2.83. The predicted octanol–water partition coefficient (Wildman–Crippen LogP) is 4.66. The summed E-state index contributed by atoms with van der Waals surface area (Å²) in [5.74, 6) is 0.834. The minimum Gasteiger partial charge on any atom is -0.370 e. The van der Waals surface area contributed by atoms with Crippen molar-refractivity contribution in [2.45, 2.75) is 71.5 Å². The molecule has 2 aromatic rings. The predicted molar refractivity (Wildman–Crippen MR) is 140 cm³/mol. The van der Waals surface area contributed by atoms with Crippen LogP contribution in [0.5, 0.6) is 0 Å². The summed E-state index contributed by atoms with van der Waals surface area (Å²) >= 11 is 0. The van der Waals surface area contributed by atoms with Crippen LogP contribution in [0.1, 0.15) is 66.6 Å². The molecule has 0 aromatic carbocycles. The molecule has 6 nitrogen and oxygen atoms in total. The number of nitrogens with two attached hydrogens (primary N) is 2. The molecule has 2 heterocycles. The first-order valence-electron chi connectivity index (χ1n) is 12.5. The maximum Gasteiger partial charge on any atom is 0.186 e. The number of guanidine groups is 1. The summed E-state index contributed by atoms with van der Waals surface area (Å²) in [6.45, 7) is 6.94. The average molecular weight is 459 g/mol. The number of aryl methyl sites for hydroxylation is 2. The van der Waals surface area contributed by atoms with Gasteiger partial charge in [-0.1, -0.05) is 30.4 Å². The van der Waals surface area contributed by atoms with Crippen molar-refractivity contribution in [2.75, 3.05) is 6.54 Å². The van der Waals surface area contributed by atoms with Gasteiger partial charge in [-0.05, 0) is 81.1 Å². The SMILES string of the molecule is Cc1cnc(CN(Cc2ncccc2C2=CC=CCC2)CC2CCC(N=C(N)N)CC2)c(C)c1. The number of nitrogens with zero attached hydrogens (tertiary/aromatic N) is 4. The molecule has 0 saturated heterocycles. The van der Waals surface area contributed by atoms with Gasteiger partial charge in [0.2, 0.25) is 0 Å². The molecule has 2 aliphatic rings. The maximum absolute atomic E-state index is 5.61. The summed E-state index contributed by atoms with van der Waals surface area (Å²) in [5.41, 5.74) is 18.6. The number of hydrogen-bond donors (Lipinski definition) is 2. The van der Waals surface area contributed by atoms with E-state index in [2.05, 4.69) is 60.2 Å². The lowest BCUT2D eigenvalue weighted by Crippen LogP contribution is -2.33. The molecule has 34 heavy (non-hydrogen) atoms. The second-order valence-electron chi connectivity index (χ2n) is 9.83. The Morgan fingerprint density at radius 2 is 1.88 bits per heavy atom. The number of aromatic nitrogens is 2. The van der Waals surface area contributed by atoms with Gasteiger partial charge in [0, 0.05) is 37.6 Å². The summed E-state index contributed by atoms with van der Waals surface area (Å²) < 4.78 is 0. The maximum atomic E-state index is 5.61. The molecule has 0 spiro atoms. The number of aliphatic imine (C=N–C) groups is 1. The number of pyridine rings is 2. The van der Waals surface area contributed by atoms with Gasteiger partial charge in [0.15, 0.2) is 5.96 Å². The molecule has 2 aromatic heterocycles. The van der Waals surface area contributed by atoms with Crippen LogP contribution in [0.4, 0.5) is 0 Å². The molecule has 0 aliphatic heterocycles. The van der Waals surface area contributed by atoms with Gasteiger partial charge in [-0.3, -0.25) is 19.9 Å². The number of hydrogen-bond acceptors (Lipinski definition) is 4. The molecule has 6 heteroatoms. The molecule has 0 unspecified atom stereocenters. The highest BCUT2D eigenvalue weighted by molar-refractivity contribution is 5.75. The first kappa shape index (κ1) is 24.1. The quantitative estimate of drug-likeness (QED) is 0.443. The fraction of sp³-hybridized carbons (Fsp3) is 0.464. The summed E-state index contributed by atoms with van der Waals surface area (Å²) in [5, 5.41) is 0. The Balaban J connectivity index is 1.53. The van der Waals surface area contributed by atoms with Crippen LogP contribution < -0.4 is 11.5 Å². The highest BCUT2D eigenvalue weighted by Crippen LogP contribution is 2.30. The van der Waals surface area contributed by atoms with Crippen molar-refractivity contribution in [3.63, 3.8) is 0 Å². The highest BCUT2D eigenvalue weighted by Gasteiger charge is 2.24. The normalized spacial score (nSPS) is 20.3. The van der Waals surface area contributed by atoms with Crippen LogP contribution in [0.3, 0.4) is 0 Å². The molecule has 1 saturated carbocycles. The zero-order chi connectivity index (χ0) is 23.9. The first-order valence-corrected chi connectivity index (χ1v) is 12.5. The Bertz CT molecular complexity index is 1060. The molecule has 0 bridgehead atoms. The van der Waals surface area contributed by atoms with Crippen LogP contribution in [-0.2, 0) is 13.1 Å². The molecule has 180 valence electrons. The lowest BCUT2D eigenvalue weighted by molar-refractivity contribution is 0.178. The Morgan fingerprint density at radius 3 is 2.59 bits per heavy atom. The van der Waals surface area contributed by atoms with E-state index < -0.39 is 0 Å². The van der Waals surface area contributed by atoms with Gasteiger partial charge in [0.05, 0.1) is 17.4 Å². The van der Waals surface area contributed by atoms with Crippen molar-refractivity contribution in [3.8, 4) is 0 Å². The summed E-state index contributed by atoms with van der Waals surface area (Å²) in [4.78, 5) is 16.6. The third-order valence-corrected chi connectivity index (χ3v) is 6.98. The minimum absolute atomic E-state index is 0.209. The molecule has 4 N–H and O–H groups in total. The number of allylic oxidation sites excluding steroid dienone is 4. The third-order valence-electron chi connectivity index (χ3n) is 6.98. The molecular weight excluding hydrogens is 420 g/mol. The molecule has 2 aliphatic carbocycles. The van der Waals surface area contributed by atoms with Gasteiger partial charge in [-0.25, -0.2) is 0 Å². The van der Waals surface area contributed by atoms with Gasteiger partial charge in [0.1, 0.15) is 0 Å². The number of rotatable bonds is 8. The van der Waals surface area contributed by atoms with E-state index in [0.29, 0.717) is 5.92 Å². The van der Waals surface area contributed by atoms with E-state index in [0.717, 1.165) is 69.5 Å². The van der Waals surface area contributed by atoms with E-state index in [4.69, 9.17) is 21.4 Å². The van der Waals surface area contributed by atoms with E-state index in [-0.39, 0.29) is 12.0 Å². The Morgan fingerprint density at radius 1 is 1.09 bits per heavy atom. The van der Waals surface area contributed by atoms with Crippen molar-refractivity contribution >= 4 is 11.5 Å². The van der Waals surface area contributed by atoms with Crippen molar-refractivity contribution < 1.29 is 0 Å². The molecule has 0 radical (unpaired) electrons. The van der Waals surface area contributed by atoms with Crippen molar-refractivity contribution in [1.29, 1.82) is 0 Å². The van der Waals surface area contributed by atoms with Crippen LogP contribution in [-0.4, -0.2) is 33.4 Å². The summed E-state index contributed by atoms with van der Waals surface area (Å²) in [7, 11) is 0. The summed E-state index contributed by atoms with van der Waals surface area (Å²) in [6.07, 6.45) is 17.1. The van der Waals surface area contributed by atoms with Crippen LogP contribution >= 0.6 is 0 Å². The molecule has 0 atom stereocenters. The fourth-order valence-corrected chi connectivity index (χ4v) is 5.23. The Hall–Kier alpha value is -2.99. The van der Waals surface area contributed by atoms with E-state index in [1.807, 2.05) is 12.4 Å². The smallest absolute Gasteiger partial charge is 0.186 e. The zero-order valence-electron chi connectivity index (χ0n) is 20.6. The van der Waals surface area contributed by atoms with E-state index >= 15 is 0 Å². The van der Waals surface area contributed by atoms with Crippen molar-refractivity contribution in [2.24, 2.45) is 22.4 Å². The van der Waals surface area contributed by atoms with Gasteiger partial charge in [-0.2, -0.15) is 0 Å². The third kappa shape index (κ3) is 6.54. The largest absolute Gasteiger partial charge is 0.370 e.